The third kappa shape index (κ3) is 5.17. The van der Waals surface area contributed by atoms with E-state index in [1.54, 1.807) is 61.5 Å². The molecule has 0 spiro atoms. The van der Waals surface area contributed by atoms with Crippen molar-refractivity contribution >= 4 is 41.1 Å². The maximum atomic E-state index is 13.0. The van der Waals surface area contributed by atoms with Crippen molar-refractivity contribution in [3.63, 3.8) is 0 Å². The van der Waals surface area contributed by atoms with Gasteiger partial charge in [0, 0.05) is 17.3 Å². The number of hydrogen-bond acceptors (Lipinski definition) is 6. The molecule has 1 N–H and O–H groups in total. The number of nitrogens with zero attached hydrogens (tertiary/aromatic N) is 1. The molecule has 3 aromatic rings. The highest BCUT2D eigenvalue weighted by molar-refractivity contribution is 6.34. The Kier molecular flexibility index (Phi) is 7.25. The fourth-order valence-corrected chi connectivity index (χ4v) is 3.71. The number of fused-ring (bicyclic) bond motifs is 1. The third-order valence-corrected chi connectivity index (χ3v) is 5.42. The van der Waals surface area contributed by atoms with E-state index >= 15 is 0 Å². The molecule has 8 nitrogen and oxygen atoms in total. The normalized spacial score (nSPS) is 12.6. The van der Waals surface area contributed by atoms with Crippen molar-refractivity contribution in [1.82, 2.24) is 0 Å². The summed E-state index contributed by atoms with van der Waals surface area (Å²) in [5, 5.41) is 2.77. The molecule has 0 unspecified atom stereocenters. The summed E-state index contributed by atoms with van der Waals surface area (Å²) in [5.41, 5.74) is 2.37. The summed E-state index contributed by atoms with van der Waals surface area (Å²) >= 11 is 0. The molecule has 0 saturated heterocycles. The molecule has 0 radical (unpaired) electrons. The van der Waals surface area contributed by atoms with E-state index in [2.05, 4.69) is 5.32 Å². The second-order valence-corrected chi connectivity index (χ2v) is 7.79. The summed E-state index contributed by atoms with van der Waals surface area (Å²) < 4.78 is 10.3. The molecule has 182 valence electrons. The summed E-state index contributed by atoms with van der Waals surface area (Å²) in [6.07, 6.45) is 2.94. The lowest BCUT2D eigenvalue weighted by Gasteiger charge is -2.14. The number of ether oxygens (including phenoxy) is 2. The number of imide groups is 1. The highest BCUT2D eigenvalue weighted by atomic mass is 16.5. The van der Waals surface area contributed by atoms with Crippen molar-refractivity contribution in [2.75, 3.05) is 23.4 Å². The van der Waals surface area contributed by atoms with Crippen LogP contribution in [-0.2, 0) is 9.53 Å². The summed E-state index contributed by atoms with van der Waals surface area (Å²) in [5.74, 6) is -1.16. The predicted molar refractivity (Wildman–Crippen MR) is 135 cm³/mol. The van der Waals surface area contributed by atoms with E-state index in [1.807, 2.05) is 6.92 Å². The maximum absolute atomic E-state index is 13.0. The van der Waals surface area contributed by atoms with Crippen LogP contribution in [-0.4, -0.2) is 36.9 Å². The summed E-state index contributed by atoms with van der Waals surface area (Å²) in [4.78, 5) is 51.3. The molecule has 3 amide bonds. The molecule has 0 aliphatic carbocycles. The van der Waals surface area contributed by atoms with Gasteiger partial charge in [0.25, 0.3) is 17.7 Å². The molecule has 1 aliphatic rings. The molecule has 1 aliphatic heterocycles. The van der Waals surface area contributed by atoms with Crippen molar-refractivity contribution in [2.24, 2.45) is 0 Å². The maximum Gasteiger partial charge on any atom is 0.330 e. The van der Waals surface area contributed by atoms with Crippen LogP contribution in [0, 0.1) is 0 Å². The molecule has 0 fully saturated rings. The van der Waals surface area contributed by atoms with Crippen LogP contribution in [0.4, 0.5) is 11.4 Å². The van der Waals surface area contributed by atoms with Gasteiger partial charge in [0.1, 0.15) is 5.75 Å². The van der Waals surface area contributed by atoms with E-state index in [0.717, 1.165) is 10.5 Å². The number of carbonyl (C=O) groups excluding carboxylic acids is 4. The molecule has 4 rings (SSSR count). The van der Waals surface area contributed by atoms with Gasteiger partial charge < -0.3 is 14.8 Å². The minimum absolute atomic E-state index is 0.168. The van der Waals surface area contributed by atoms with Crippen LogP contribution in [0.15, 0.2) is 72.8 Å². The Morgan fingerprint density at radius 3 is 2.22 bits per heavy atom. The number of benzene rings is 3. The van der Waals surface area contributed by atoms with Crippen LogP contribution >= 0.6 is 0 Å². The number of rotatable bonds is 8. The number of anilines is 2. The van der Waals surface area contributed by atoms with Crippen LogP contribution in [0.5, 0.6) is 5.75 Å². The molecular formula is C28H24N2O6. The van der Waals surface area contributed by atoms with Crippen molar-refractivity contribution in [2.45, 2.75) is 13.8 Å². The topological polar surface area (TPSA) is 102 Å². The Balaban J connectivity index is 1.47. The Hall–Kier alpha value is -4.72. The highest BCUT2D eigenvalue weighted by Gasteiger charge is 2.37. The lowest BCUT2D eigenvalue weighted by Crippen LogP contribution is -2.29. The van der Waals surface area contributed by atoms with Crippen LogP contribution < -0.4 is 15.0 Å². The van der Waals surface area contributed by atoms with Crippen LogP contribution in [0.3, 0.4) is 0 Å². The van der Waals surface area contributed by atoms with Gasteiger partial charge in [0.2, 0.25) is 0 Å². The largest absolute Gasteiger partial charge is 0.494 e. The fraction of sp³-hybridized carbons (Fsp3) is 0.143. The average molecular weight is 485 g/mol. The van der Waals surface area contributed by atoms with Gasteiger partial charge >= 0.3 is 5.97 Å². The van der Waals surface area contributed by atoms with Gasteiger partial charge in [-0.1, -0.05) is 12.1 Å². The van der Waals surface area contributed by atoms with Crippen molar-refractivity contribution in [3.8, 4) is 5.75 Å². The fourth-order valence-electron chi connectivity index (χ4n) is 3.71. The smallest absolute Gasteiger partial charge is 0.330 e. The predicted octanol–water partition coefficient (Wildman–Crippen LogP) is 4.71. The summed E-state index contributed by atoms with van der Waals surface area (Å²) in [6, 6.07) is 18.0. The monoisotopic (exact) mass is 484 g/mol. The van der Waals surface area contributed by atoms with E-state index < -0.39 is 23.7 Å². The molecule has 0 saturated carbocycles. The van der Waals surface area contributed by atoms with Gasteiger partial charge in [0.05, 0.1) is 30.0 Å². The van der Waals surface area contributed by atoms with Gasteiger partial charge in [-0.2, -0.15) is 0 Å². The van der Waals surface area contributed by atoms with Crippen LogP contribution in [0.2, 0.25) is 0 Å². The number of esters is 1. The average Bonchev–Trinajstić information content (AvgIpc) is 3.13. The Bertz CT molecular complexity index is 1340. The third-order valence-electron chi connectivity index (χ3n) is 5.42. The van der Waals surface area contributed by atoms with E-state index in [0.29, 0.717) is 30.3 Å². The summed E-state index contributed by atoms with van der Waals surface area (Å²) in [6.45, 7) is 4.41. The van der Waals surface area contributed by atoms with Crippen molar-refractivity contribution < 1.29 is 28.7 Å². The first-order valence-corrected chi connectivity index (χ1v) is 11.4. The lowest BCUT2D eigenvalue weighted by atomic mass is 10.1. The number of amides is 3. The van der Waals surface area contributed by atoms with Gasteiger partial charge in [0.15, 0.2) is 0 Å². The quantitative estimate of drug-likeness (QED) is 0.282. The van der Waals surface area contributed by atoms with Crippen LogP contribution in [0.1, 0.15) is 50.5 Å². The first-order valence-electron chi connectivity index (χ1n) is 11.4. The lowest BCUT2D eigenvalue weighted by molar-refractivity contribution is -0.137. The Morgan fingerprint density at radius 2 is 1.56 bits per heavy atom. The zero-order chi connectivity index (χ0) is 25.7. The SMILES string of the molecule is CCOC(=O)/C=C/c1ccc(NC(=O)c2ccc3c(c2)C(=O)N(c2ccc(OCC)cc2)C3=O)cc1. The van der Waals surface area contributed by atoms with E-state index in [4.69, 9.17) is 9.47 Å². The second kappa shape index (κ2) is 10.7. The first kappa shape index (κ1) is 24.4. The van der Waals surface area contributed by atoms with Gasteiger partial charge in [-0.05, 0) is 80.1 Å². The number of hydrogen-bond donors (Lipinski definition) is 1. The first-order chi connectivity index (χ1) is 17.4. The molecule has 0 bridgehead atoms. The van der Waals surface area contributed by atoms with E-state index in [1.165, 1.54) is 24.3 Å². The highest BCUT2D eigenvalue weighted by Crippen LogP contribution is 2.30. The molecule has 36 heavy (non-hydrogen) atoms. The Labute approximate surface area is 208 Å². The van der Waals surface area contributed by atoms with Gasteiger partial charge in [-0.25, -0.2) is 9.69 Å². The van der Waals surface area contributed by atoms with E-state index in [9.17, 15) is 19.2 Å². The molecule has 3 aromatic carbocycles. The van der Waals surface area contributed by atoms with Gasteiger partial charge in [-0.15, -0.1) is 0 Å². The van der Waals surface area contributed by atoms with E-state index in [-0.39, 0.29) is 16.7 Å². The van der Waals surface area contributed by atoms with Gasteiger partial charge in [-0.3, -0.25) is 14.4 Å². The minimum atomic E-state index is -0.494. The molecule has 8 heteroatoms. The molecule has 0 aromatic heterocycles. The zero-order valence-electron chi connectivity index (χ0n) is 19.8. The van der Waals surface area contributed by atoms with Crippen LogP contribution in [0.25, 0.3) is 6.08 Å². The standard InChI is InChI=1S/C28H24N2O6/c1-3-35-22-13-11-21(12-14-22)30-27(33)23-15-8-19(17-24(23)28(30)34)26(32)29-20-9-5-18(6-10-20)7-16-25(31)36-4-2/h5-17H,3-4H2,1-2H3,(H,29,32)/b16-7+. The number of nitrogens with one attached hydrogen (secondary N) is 1. The van der Waals surface area contributed by atoms with Crippen molar-refractivity contribution in [1.29, 1.82) is 0 Å². The second-order valence-electron chi connectivity index (χ2n) is 7.79. The number of carbonyl (C=O) groups is 4. The zero-order valence-corrected chi connectivity index (χ0v) is 19.8. The summed E-state index contributed by atoms with van der Waals surface area (Å²) in [7, 11) is 0. The molecule has 0 atom stereocenters. The minimum Gasteiger partial charge on any atom is -0.494 e. The Morgan fingerprint density at radius 1 is 0.861 bits per heavy atom. The molecular weight excluding hydrogens is 460 g/mol. The molecule has 1 heterocycles. The van der Waals surface area contributed by atoms with Crippen molar-refractivity contribution in [3.05, 3.63) is 95.1 Å².